The highest BCUT2D eigenvalue weighted by Crippen LogP contribution is 2.25. The fourth-order valence-corrected chi connectivity index (χ4v) is 1.67. The van der Waals surface area contributed by atoms with Crippen molar-refractivity contribution in [2.75, 3.05) is 11.9 Å². The summed E-state index contributed by atoms with van der Waals surface area (Å²) in [4.78, 5) is 2.10. The summed E-state index contributed by atoms with van der Waals surface area (Å²) in [6.45, 7) is 0. The second-order valence-electron chi connectivity index (χ2n) is 3.37. The maximum absolute atomic E-state index is 5.95. The standard InChI is InChI=1S/C13H12ClN/c1-15(12-7-3-2-4-8-12)13-9-5-6-11(14)10-13/h2-10H,1H3. The van der Waals surface area contributed by atoms with Crippen molar-refractivity contribution in [3.8, 4) is 0 Å². The maximum Gasteiger partial charge on any atom is 0.0426 e. The first-order chi connectivity index (χ1) is 7.27. The quantitative estimate of drug-likeness (QED) is 0.732. The maximum atomic E-state index is 5.95. The van der Waals surface area contributed by atoms with Gasteiger partial charge in [0.25, 0.3) is 0 Å². The lowest BCUT2D eigenvalue weighted by Gasteiger charge is -2.19. The van der Waals surface area contributed by atoms with Gasteiger partial charge in [-0.3, -0.25) is 0 Å². The van der Waals surface area contributed by atoms with E-state index < -0.39 is 0 Å². The molecule has 1 nitrogen and oxygen atoms in total. The predicted molar refractivity (Wildman–Crippen MR) is 66.0 cm³/mol. The van der Waals surface area contributed by atoms with Crippen molar-refractivity contribution in [3.05, 3.63) is 59.6 Å². The van der Waals surface area contributed by atoms with Crippen molar-refractivity contribution in [3.63, 3.8) is 0 Å². The molecular formula is C13H12ClN. The third-order valence-electron chi connectivity index (χ3n) is 2.34. The molecule has 0 aliphatic carbocycles. The molecular weight excluding hydrogens is 206 g/mol. The molecule has 0 atom stereocenters. The minimum Gasteiger partial charge on any atom is -0.345 e. The molecule has 0 spiro atoms. The summed E-state index contributed by atoms with van der Waals surface area (Å²) >= 11 is 5.95. The van der Waals surface area contributed by atoms with Crippen LogP contribution in [-0.4, -0.2) is 7.05 Å². The topological polar surface area (TPSA) is 3.24 Å². The summed E-state index contributed by atoms with van der Waals surface area (Å²) in [5.74, 6) is 0. The minimum absolute atomic E-state index is 0.760. The van der Waals surface area contributed by atoms with Crippen molar-refractivity contribution >= 4 is 23.0 Å². The summed E-state index contributed by atoms with van der Waals surface area (Å²) in [6.07, 6.45) is 0. The Hall–Kier alpha value is -1.47. The molecule has 0 amide bonds. The van der Waals surface area contributed by atoms with Crippen LogP contribution >= 0.6 is 11.6 Å². The predicted octanol–water partition coefficient (Wildman–Crippen LogP) is 4.11. The van der Waals surface area contributed by atoms with E-state index in [4.69, 9.17) is 11.6 Å². The zero-order valence-corrected chi connectivity index (χ0v) is 9.28. The van der Waals surface area contributed by atoms with Gasteiger partial charge in [0.15, 0.2) is 0 Å². The zero-order valence-electron chi connectivity index (χ0n) is 8.52. The van der Waals surface area contributed by atoms with E-state index in [-0.39, 0.29) is 0 Å². The molecule has 0 saturated heterocycles. The van der Waals surface area contributed by atoms with Gasteiger partial charge in [0.2, 0.25) is 0 Å². The lowest BCUT2D eigenvalue weighted by atomic mass is 10.2. The van der Waals surface area contributed by atoms with Crippen LogP contribution in [0.4, 0.5) is 11.4 Å². The summed E-state index contributed by atoms with van der Waals surface area (Å²) in [5.41, 5.74) is 2.24. The van der Waals surface area contributed by atoms with Crippen molar-refractivity contribution in [1.29, 1.82) is 0 Å². The van der Waals surface area contributed by atoms with E-state index in [9.17, 15) is 0 Å². The Morgan fingerprint density at radius 1 is 0.867 bits per heavy atom. The van der Waals surface area contributed by atoms with Gasteiger partial charge in [-0.2, -0.15) is 0 Å². The van der Waals surface area contributed by atoms with Crippen LogP contribution in [0.5, 0.6) is 0 Å². The molecule has 0 heterocycles. The number of halogens is 1. The molecule has 2 aromatic rings. The summed E-state index contributed by atoms with van der Waals surface area (Å²) in [5, 5.41) is 0.760. The third-order valence-corrected chi connectivity index (χ3v) is 2.57. The monoisotopic (exact) mass is 217 g/mol. The molecule has 0 fully saturated rings. The smallest absolute Gasteiger partial charge is 0.0426 e. The number of benzene rings is 2. The number of hydrogen-bond acceptors (Lipinski definition) is 1. The normalized spacial score (nSPS) is 10.0. The molecule has 0 saturated carbocycles. The average molecular weight is 218 g/mol. The number of anilines is 2. The molecule has 2 rings (SSSR count). The van der Waals surface area contributed by atoms with Crippen molar-refractivity contribution in [2.24, 2.45) is 0 Å². The molecule has 76 valence electrons. The second-order valence-corrected chi connectivity index (χ2v) is 3.81. The molecule has 2 heteroatoms. The Morgan fingerprint density at radius 2 is 1.53 bits per heavy atom. The van der Waals surface area contributed by atoms with Gasteiger partial charge < -0.3 is 4.90 Å². The van der Waals surface area contributed by atoms with E-state index >= 15 is 0 Å². The fourth-order valence-electron chi connectivity index (χ4n) is 1.49. The molecule has 0 aromatic heterocycles. The van der Waals surface area contributed by atoms with Crippen molar-refractivity contribution in [1.82, 2.24) is 0 Å². The largest absolute Gasteiger partial charge is 0.345 e. The molecule has 2 aromatic carbocycles. The van der Waals surface area contributed by atoms with Crippen LogP contribution in [0, 0.1) is 0 Å². The molecule has 0 radical (unpaired) electrons. The van der Waals surface area contributed by atoms with Crippen LogP contribution < -0.4 is 4.90 Å². The molecule has 0 N–H and O–H groups in total. The molecule has 15 heavy (non-hydrogen) atoms. The van der Waals surface area contributed by atoms with Crippen LogP contribution in [0.1, 0.15) is 0 Å². The highest BCUT2D eigenvalue weighted by Gasteiger charge is 2.02. The number of para-hydroxylation sites is 1. The molecule has 0 aliphatic heterocycles. The van der Waals surface area contributed by atoms with Gasteiger partial charge in [0, 0.05) is 23.4 Å². The van der Waals surface area contributed by atoms with Gasteiger partial charge in [0.05, 0.1) is 0 Å². The number of nitrogens with zero attached hydrogens (tertiary/aromatic N) is 1. The van der Waals surface area contributed by atoms with Gasteiger partial charge in [0.1, 0.15) is 0 Å². The van der Waals surface area contributed by atoms with Crippen LogP contribution in [-0.2, 0) is 0 Å². The Kier molecular flexibility index (Phi) is 2.93. The first kappa shape index (κ1) is 10.1. The van der Waals surface area contributed by atoms with E-state index in [0.717, 1.165) is 16.4 Å². The third kappa shape index (κ3) is 2.31. The van der Waals surface area contributed by atoms with Crippen LogP contribution in [0.15, 0.2) is 54.6 Å². The lowest BCUT2D eigenvalue weighted by Crippen LogP contribution is -2.08. The minimum atomic E-state index is 0.760. The van der Waals surface area contributed by atoms with Gasteiger partial charge in [-0.25, -0.2) is 0 Å². The van der Waals surface area contributed by atoms with Crippen LogP contribution in [0.3, 0.4) is 0 Å². The summed E-state index contributed by atoms with van der Waals surface area (Å²) in [6, 6.07) is 18.0. The molecule has 0 unspecified atom stereocenters. The van der Waals surface area contributed by atoms with Gasteiger partial charge in [-0.1, -0.05) is 35.9 Å². The van der Waals surface area contributed by atoms with Crippen LogP contribution in [0.2, 0.25) is 5.02 Å². The number of hydrogen-bond donors (Lipinski definition) is 0. The van der Waals surface area contributed by atoms with E-state index in [1.807, 2.05) is 49.5 Å². The van der Waals surface area contributed by atoms with E-state index in [2.05, 4.69) is 17.0 Å². The lowest BCUT2D eigenvalue weighted by molar-refractivity contribution is 1.21. The molecule has 0 aliphatic rings. The molecule has 0 bridgehead atoms. The Morgan fingerprint density at radius 3 is 2.20 bits per heavy atom. The zero-order chi connectivity index (χ0) is 10.7. The summed E-state index contributed by atoms with van der Waals surface area (Å²) in [7, 11) is 2.03. The summed E-state index contributed by atoms with van der Waals surface area (Å²) < 4.78 is 0. The van der Waals surface area contributed by atoms with E-state index in [0.29, 0.717) is 0 Å². The van der Waals surface area contributed by atoms with Crippen molar-refractivity contribution < 1.29 is 0 Å². The average Bonchev–Trinajstić information content (AvgIpc) is 2.29. The van der Waals surface area contributed by atoms with Gasteiger partial charge >= 0.3 is 0 Å². The van der Waals surface area contributed by atoms with Gasteiger partial charge in [-0.05, 0) is 30.3 Å². The second kappa shape index (κ2) is 4.37. The fraction of sp³-hybridized carbons (Fsp3) is 0.0769. The van der Waals surface area contributed by atoms with E-state index in [1.54, 1.807) is 0 Å². The highest BCUT2D eigenvalue weighted by atomic mass is 35.5. The Labute approximate surface area is 94.9 Å². The first-order valence-corrected chi connectivity index (χ1v) is 5.19. The van der Waals surface area contributed by atoms with E-state index in [1.165, 1.54) is 0 Å². The Balaban J connectivity index is 2.32. The first-order valence-electron chi connectivity index (χ1n) is 4.82. The SMILES string of the molecule is CN(c1ccccc1)c1cccc(Cl)c1. The van der Waals surface area contributed by atoms with Crippen LogP contribution in [0.25, 0.3) is 0 Å². The Bertz CT molecular complexity index is 439. The van der Waals surface area contributed by atoms with Crippen molar-refractivity contribution in [2.45, 2.75) is 0 Å². The number of rotatable bonds is 2. The highest BCUT2D eigenvalue weighted by molar-refractivity contribution is 6.30. The van der Waals surface area contributed by atoms with Gasteiger partial charge in [-0.15, -0.1) is 0 Å².